The van der Waals surface area contributed by atoms with Gasteiger partial charge in [-0.25, -0.2) is 4.98 Å². The number of carbonyl (C=O) groups excluding carboxylic acids is 1. The maximum atomic E-state index is 12.8. The Kier molecular flexibility index (Phi) is 8.81. The number of hydrogen-bond donors (Lipinski definition) is 4. The first-order valence-corrected chi connectivity index (χ1v) is 12.8. The molecule has 10 heteroatoms. The first-order valence-electron chi connectivity index (χ1n) is 10.5. The molecule has 3 rings (SSSR count). The highest BCUT2D eigenvalue weighted by atomic mass is 32.2. The Labute approximate surface area is 206 Å². The number of thiocarbonyl (C=S) groups is 1. The van der Waals surface area contributed by atoms with Crippen LogP contribution in [0.5, 0.6) is 0 Å². The number of amides is 1. The predicted octanol–water partition coefficient (Wildman–Crippen LogP) is 4.76. The maximum Gasteiger partial charge on any atom is 0.221 e. The fraction of sp³-hybridized carbons (Fsp3) is 0.261. The van der Waals surface area contributed by atoms with Crippen molar-refractivity contribution < 1.29 is 9.35 Å². The van der Waals surface area contributed by atoms with E-state index >= 15 is 0 Å². The highest BCUT2D eigenvalue weighted by Crippen LogP contribution is 2.37. The van der Waals surface area contributed by atoms with Gasteiger partial charge in [0.15, 0.2) is 10.0 Å². The van der Waals surface area contributed by atoms with Crippen LogP contribution in [0.3, 0.4) is 0 Å². The van der Waals surface area contributed by atoms with Crippen LogP contribution < -0.4 is 20.7 Å². The minimum Gasteiger partial charge on any atom is -0.593 e. The highest BCUT2D eigenvalue weighted by Gasteiger charge is 2.20. The molecule has 0 aliphatic heterocycles. The number of anilines is 2. The SMILES string of the molecule is CCN[S+]([O-])c1cc(NC(C)=O)ccc1-c1cnc(-c2ccc(NC(=S)NC(C)C)cc2)s1. The lowest BCUT2D eigenvalue weighted by atomic mass is 10.2. The molecule has 4 N–H and O–H groups in total. The monoisotopic (exact) mass is 501 g/mol. The minimum absolute atomic E-state index is 0.179. The van der Waals surface area contributed by atoms with E-state index in [0.717, 1.165) is 26.7 Å². The summed E-state index contributed by atoms with van der Waals surface area (Å²) in [6.07, 6.45) is 1.79. The fourth-order valence-electron chi connectivity index (χ4n) is 3.03. The van der Waals surface area contributed by atoms with Crippen molar-refractivity contribution in [3.8, 4) is 21.0 Å². The zero-order valence-corrected chi connectivity index (χ0v) is 21.3. The van der Waals surface area contributed by atoms with Crippen molar-refractivity contribution in [3.63, 3.8) is 0 Å². The Morgan fingerprint density at radius 1 is 1.15 bits per heavy atom. The van der Waals surface area contributed by atoms with E-state index in [4.69, 9.17) is 12.2 Å². The summed E-state index contributed by atoms with van der Waals surface area (Å²) in [6.45, 7) is 7.96. The molecule has 1 atom stereocenters. The van der Waals surface area contributed by atoms with Crippen molar-refractivity contribution in [2.75, 3.05) is 17.2 Å². The van der Waals surface area contributed by atoms with Crippen molar-refractivity contribution >= 4 is 57.3 Å². The molecular weight excluding hydrogens is 474 g/mol. The number of hydrogen-bond acceptors (Lipinski definition) is 6. The molecule has 0 saturated heterocycles. The zero-order chi connectivity index (χ0) is 24.0. The molecule has 1 amide bonds. The zero-order valence-electron chi connectivity index (χ0n) is 18.9. The predicted molar refractivity (Wildman–Crippen MR) is 142 cm³/mol. The van der Waals surface area contributed by atoms with E-state index in [-0.39, 0.29) is 11.9 Å². The quantitative estimate of drug-likeness (QED) is 0.261. The summed E-state index contributed by atoms with van der Waals surface area (Å²) in [6, 6.07) is 13.6. The number of benzene rings is 2. The van der Waals surface area contributed by atoms with Gasteiger partial charge in [-0.3, -0.25) is 4.79 Å². The average Bonchev–Trinajstić information content (AvgIpc) is 3.23. The molecule has 1 aromatic heterocycles. The van der Waals surface area contributed by atoms with Crippen LogP contribution in [-0.4, -0.2) is 33.1 Å². The molecule has 0 fully saturated rings. The van der Waals surface area contributed by atoms with Crippen molar-refractivity contribution in [2.45, 2.75) is 38.6 Å². The van der Waals surface area contributed by atoms with E-state index in [1.807, 2.05) is 51.1 Å². The van der Waals surface area contributed by atoms with E-state index in [2.05, 4.69) is 25.7 Å². The van der Waals surface area contributed by atoms with Crippen molar-refractivity contribution in [3.05, 3.63) is 48.7 Å². The van der Waals surface area contributed by atoms with E-state index < -0.39 is 11.4 Å². The second-order valence-corrected chi connectivity index (χ2v) is 10.2. The topological polar surface area (TPSA) is 101 Å². The standard InChI is InChI=1S/C23H27N5O2S3/c1-5-25-33(30)21-12-18(27-15(4)29)10-11-19(21)20-13-24-22(32-20)16-6-8-17(9-7-16)28-23(31)26-14(2)3/h6-14,25H,5H2,1-4H3,(H,27,29)(H2,26,28,31). The van der Waals surface area contributed by atoms with E-state index in [9.17, 15) is 9.35 Å². The van der Waals surface area contributed by atoms with Gasteiger partial charge in [0.1, 0.15) is 5.01 Å². The van der Waals surface area contributed by atoms with Crippen molar-refractivity contribution in [2.24, 2.45) is 0 Å². The molecule has 1 unspecified atom stereocenters. The lowest BCUT2D eigenvalue weighted by Crippen LogP contribution is -2.33. The van der Waals surface area contributed by atoms with Gasteiger partial charge >= 0.3 is 0 Å². The highest BCUT2D eigenvalue weighted by molar-refractivity contribution is 7.89. The van der Waals surface area contributed by atoms with Gasteiger partial charge in [0.05, 0.1) is 21.8 Å². The number of thiazole rings is 1. The van der Waals surface area contributed by atoms with Gasteiger partial charge in [-0.2, -0.15) is 0 Å². The normalized spacial score (nSPS) is 11.8. The summed E-state index contributed by atoms with van der Waals surface area (Å²) in [5.41, 5.74) is 3.29. The summed E-state index contributed by atoms with van der Waals surface area (Å²) in [5.74, 6) is -0.179. The van der Waals surface area contributed by atoms with Crippen LogP contribution in [0.25, 0.3) is 21.0 Å². The molecule has 0 aliphatic rings. The lowest BCUT2D eigenvalue weighted by molar-refractivity contribution is -0.114. The van der Waals surface area contributed by atoms with Crippen LogP contribution in [0.1, 0.15) is 27.7 Å². The third kappa shape index (κ3) is 6.99. The number of nitrogens with one attached hydrogen (secondary N) is 4. The molecule has 0 spiro atoms. The molecule has 0 aliphatic carbocycles. The summed E-state index contributed by atoms with van der Waals surface area (Å²) < 4.78 is 15.7. The molecule has 0 radical (unpaired) electrons. The third-order valence-electron chi connectivity index (χ3n) is 4.36. The van der Waals surface area contributed by atoms with Gasteiger partial charge in [-0.15, -0.1) is 16.1 Å². The van der Waals surface area contributed by atoms with Crippen LogP contribution in [0.4, 0.5) is 11.4 Å². The second kappa shape index (κ2) is 11.6. The third-order valence-corrected chi connectivity index (χ3v) is 6.95. The summed E-state index contributed by atoms with van der Waals surface area (Å²) >= 11 is 5.39. The first-order chi connectivity index (χ1) is 15.8. The first kappa shape index (κ1) is 25.1. The van der Waals surface area contributed by atoms with E-state index in [1.165, 1.54) is 18.3 Å². The molecule has 7 nitrogen and oxygen atoms in total. The maximum absolute atomic E-state index is 12.8. The van der Waals surface area contributed by atoms with Crippen LogP contribution in [0.2, 0.25) is 0 Å². The molecule has 1 heterocycles. The number of carbonyl (C=O) groups is 1. The van der Waals surface area contributed by atoms with Crippen molar-refractivity contribution in [1.29, 1.82) is 0 Å². The lowest BCUT2D eigenvalue weighted by Gasteiger charge is -2.14. The number of rotatable bonds is 8. The Hall–Kier alpha value is -2.50. The Balaban J connectivity index is 1.84. The average molecular weight is 502 g/mol. The summed E-state index contributed by atoms with van der Waals surface area (Å²) in [4.78, 5) is 17.5. The number of aromatic nitrogens is 1. The fourth-order valence-corrected chi connectivity index (χ4v) is 5.44. The molecule has 0 bridgehead atoms. The van der Waals surface area contributed by atoms with Crippen LogP contribution in [0, 0.1) is 0 Å². The van der Waals surface area contributed by atoms with Crippen LogP contribution in [0.15, 0.2) is 53.6 Å². The van der Waals surface area contributed by atoms with Crippen LogP contribution in [-0.2, 0) is 16.2 Å². The smallest absolute Gasteiger partial charge is 0.221 e. The van der Waals surface area contributed by atoms with E-state index in [1.54, 1.807) is 18.3 Å². The van der Waals surface area contributed by atoms with Gasteiger partial charge in [0.25, 0.3) is 0 Å². The second-order valence-electron chi connectivity index (χ2n) is 7.52. The Morgan fingerprint density at radius 2 is 1.85 bits per heavy atom. The Morgan fingerprint density at radius 3 is 2.48 bits per heavy atom. The molecule has 33 heavy (non-hydrogen) atoms. The summed E-state index contributed by atoms with van der Waals surface area (Å²) in [5, 5.41) is 10.5. The molecule has 174 valence electrons. The van der Waals surface area contributed by atoms with Crippen molar-refractivity contribution in [1.82, 2.24) is 15.0 Å². The van der Waals surface area contributed by atoms with Gasteiger partial charge in [-0.05, 0) is 69.4 Å². The van der Waals surface area contributed by atoms with Gasteiger partial charge in [0, 0.05) is 48.7 Å². The minimum atomic E-state index is -1.42. The largest absolute Gasteiger partial charge is 0.593 e. The molecule has 3 aromatic rings. The summed E-state index contributed by atoms with van der Waals surface area (Å²) in [7, 11) is 0. The molecule has 0 saturated carbocycles. The molecular formula is C23H27N5O2S3. The van der Waals surface area contributed by atoms with Gasteiger partial charge < -0.3 is 20.5 Å². The van der Waals surface area contributed by atoms with Crippen LogP contribution >= 0.6 is 23.6 Å². The Bertz CT molecular complexity index is 1120. The van der Waals surface area contributed by atoms with E-state index in [0.29, 0.717) is 22.2 Å². The number of nitrogens with zero attached hydrogens (tertiary/aromatic N) is 1. The van der Waals surface area contributed by atoms with Gasteiger partial charge in [0.2, 0.25) is 5.91 Å². The molecule has 2 aromatic carbocycles. The van der Waals surface area contributed by atoms with Gasteiger partial charge in [-0.1, -0.05) is 0 Å².